The highest BCUT2D eigenvalue weighted by Gasteiger charge is 2.27. The van der Waals surface area contributed by atoms with Crippen molar-refractivity contribution in [3.63, 3.8) is 0 Å². The molecule has 0 aliphatic carbocycles. The molecule has 0 amide bonds. The van der Waals surface area contributed by atoms with Gasteiger partial charge in [-0.2, -0.15) is 0 Å². The molecule has 0 saturated heterocycles. The van der Waals surface area contributed by atoms with E-state index in [0.717, 1.165) is 103 Å². The summed E-state index contributed by atoms with van der Waals surface area (Å²) >= 11 is 0. The minimum absolute atomic E-state index is 0.0255. The second kappa shape index (κ2) is 67.8. The first-order chi connectivity index (χ1) is 43.0. The van der Waals surface area contributed by atoms with Gasteiger partial charge >= 0.3 is 19.8 Å². The summed E-state index contributed by atoms with van der Waals surface area (Å²) in [5.74, 6) is -0.803. The van der Waals surface area contributed by atoms with E-state index in [0.29, 0.717) is 17.4 Å². The highest BCUT2D eigenvalue weighted by Crippen LogP contribution is 2.43. The number of nitrogens with zero attached hydrogens (tertiary/aromatic N) is 1. The lowest BCUT2D eigenvalue weighted by Gasteiger charge is -2.24. The number of carbonyl (C=O) groups is 2. The molecule has 0 aliphatic heterocycles. The van der Waals surface area contributed by atoms with Gasteiger partial charge in [0.2, 0.25) is 0 Å². The smallest absolute Gasteiger partial charge is 0.462 e. The number of quaternary nitrogens is 1. The number of esters is 2. The Morgan fingerprint density at radius 3 is 0.966 bits per heavy atom. The second-order valence-corrected chi connectivity index (χ2v) is 26.7. The van der Waals surface area contributed by atoms with Crippen molar-refractivity contribution in [2.45, 2.75) is 315 Å². The van der Waals surface area contributed by atoms with E-state index in [1.807, 2.05) is 21.1 Å². The van der Waals surface area contributed by atoms with Crippen molar-refractivity contribution >= 4 is 19.8 Å². The van der Waals surface area contributed by atoms with Crippen LogP contribution in [0.5, 0.6) is 0 Å². The third-order valence-electron chi connectivity index (χ3n) is 15.5. The number of ether oxygens (including phenoxy) is 2. The fourth-order valence-electron chi connectivity index (χ4n) is 9.95. The number of allylic oxidation sites excluding steroid dienone is 20. The Kier molecular flexibility index (Phi) is 65.0. The molecular formula is C78H137NO8P+. The number of hydrogen-bond donors (Lipinski definition) is 1. The lowest BCUT2D eigenvalue weighted by molar-refractivity contribution is -0.870. The van der Waals surface area contributed by atoms with Gasteiger partial charge in [-0.05, 0) is 109 Å². The second-order valence-electron chi connectivity index (χ2n) is 25.2. The van der Waals surface area contributed by atoms with Crippen LogP contribution in [0.4, 0.5) is 0 Å². The summed E-state index contributed by atoms with van der Waals surface area (Å²) in [6.07, 6.45) is 97.3. The molecule has 2 atom stereocenters. The molecule has 0 bridgehead atoms. The van der Waals surface area contributed by atoms with Crippen LogP contribution in [0.25, 0.3) is 0 Å². The highest BCUT2D eigenvalue weighted by molar-refractivity contribution is 7.47. The Morgan fingerprint density at radius 2 is 0.648 bits per heavy atom. The molecule has 0 aromatic heterocycles. The number of likely N-dealkylation sites (N-methyl/N-ethyl adjacent to an activating group) is 1. The van der Waals surface area contributed by atoms with Crippen LogP contribution in [0.3, 0.4) is 0 Å². The summed E-state index contributed by atoms with van der Waals surface area (Å²) in [7, 11) is 1.47. The van der Waals surface area contributed by atoms with Crippen molar-refractivity contribution in [3.05, 3.63) is 122 Å². The van der Waals surface area contributed by atoms with Crippen molar-refractivity contribution in [2.24, 2.45) is 0 Å². The van der Waals surface area contributed by atoms with Gasteiger partial charge < -0.3 is 18.9 Å². The zero-order valence-corrected chi connectivity index (χ0v) is 58.6. The van der Waals surface area contributed by atoms with Gasteiger partial charge in [-0.15, -0.1) is 0 Å². The minimum atomic E-state index is -4.40. The van der Waals surface area contributed by atoms with Crippen LogP contribution in [0, 0.1) is 0 Å². The summed E-state index contributed by atoms with van der Waals surface area (Å²) in [6, 6.07) is 0. The van der Waals surface area contributed by atoms with Gasteiger partial charge in [0.05, 0.1) is 27.7 Å². The first kappa shape index (κ1) is 84.4. The third-order valence-corrected chi connectivity index (χ3v) is 16.5. The Balaban J connectivity index is 4.08. The molecule has 10 heteroatoms. The Hall–Kier alpha value is -3.59. The molecule has 0 aromatic carbocycles. The molecule has 0 saturated carbocycles. The lowest BCUT2D eigenvalue weighted by Crippen LogP contribution is -2.37. The first-order valence-electron chi connectivity index (χ1n) is 36.3. The van der Waals surface area contributed by atoms with E-state index in [1.165, 1.54) is 173 Å². The average Bonchev–Trinajstić information content (AvgIpc) is 3.56. The van der Waals surface area contributed by atoms with Crippen molar-refractivity contribution < 1.29 is 42.1 Å². The van der Waals surface area contributed by atoms with E-state index < -0.39 is 26.5 Å². The van der Waals surface area contributed by atoms with Gasteiger partial charge in [-0.1, -0.05) is 309 Å². The maximum atomic E-state index is 12.9. The van der Waals surface area contributed by atoms with Crippen LogP contribution in [-0.2, 0) is 32.7 Å². The number of carbonyl (C=O) groups excluding carboxylic acids is 2. The molecule has 0 radical (unpaired) electrons. The largest absolute Gasteiger partial charge is 0.472 e. The summed E-state index contributed by atoms with van der Waals surface area (Å²) in [5.41, 5.74) is 0. The summed E-state index contributed by atoms with van der Waals surface area (Å²) in [6.45, 7) is 4.32. The molecule has 0 rings (SSSR count). The van der Waals surface area contributed by atoms with Crippen molar-refractivity contribution in [1.29, 1.82) is 0 Å². The first-order valence-corrected chi connectivity index (χ1v) is 37.8. The molecule has 1 N–H and O–H groups in total. The molecule has 88 heavy (non-hydrogen) atoms. The van der Waals surface area contributed by atoms with E-state index in [-0.39, 0.29) is 32.0 Å². The Morgan fingerprint density at radius 1 is 0.364 bits per heavy atom. The predicted octanol–water partition coefficient (Wildman–Crippen LogP) is 23.8. The van der Waals surface area contributed by atoms with Crippen molar-refractivity contribution in [3.8, 4) is 0 Å². The van der Waals surface area contributed by atoms with Crippen molar-refractivity contribution in [2.75, 3.05) is 47.5 Å². The van der Waals surface area contributed by atoms with Crippen molar-refractivity contribution in [1.82, 2.24) is 0 Å². The highest BCUT2D eigenvalue weighted by atomic mass is 31.2. The lowest BCUT2D eigenvalue weighted by atomic mass is 10.0. The van der Waals surface area contributed by atoms with Crippen LogP contribution in [-0.4, -0.2) is 74.9 Å². The summed E-state index contributed by atoms with van der Waals surface area (Å²) in [5, 5.41) is 0. The Bertz CT molecular complexity index is 1900. The quantitative estimate of drug-likeness (QED) is 0.0211. The molecule has 9 nitrogen and oxygen atoms in total. The topological polar surface area (TPSA) is 108 Å². The van der Waals surface area contributed by atoms with Crippen LogP contribution in [0.1, 0.15) is 309 Å². The van der Waals surface area contributed by atoms with E-state index in [1.54, 1.807) is 0 Å². The van der Waals surface area contributed by atoms with Gasteiger partial charge in [0.25, 0.3) is 0 Å². The van der Waals surface area contributed by atoms with E-state index in [9.17, 15) is 19.0 Å². The molecular weight excluding hydrogens is 1110 g/mol. The number of rotatable bonds is 66. The van der Waals surface area contributed by atoms with Gasteiger partial charge in [0, 0.05) is 12.8 Å². The Labute approximate surface area is 543 Å². The van der Waals surface area contributed by atoms with E-state index in [4.69, 9.17) is 18.5 Å². The standard InChI is InChI=1S/C78H136NO8P/c1-6-8-10-12-14-16-18-20-22-24-26-28-30-32-34-36-38-39-41-43-45-47-49-51-53-55-57-59-61-63-65-67-69-71-78(81)87-76(75-86-88(82,83)85-73-72-79(3,4)5)74-84-77(80)70-68-66-64-62-60-58-56-54-52-50-48-46-44-42-40-37-35-33-31-29-27-25-23-21-19-17-15-13-11-9-7-2/h8,10,14,16,19-22,25-28,32,34,38-39,43,45,49,51,76H,6-7,9,11-13,15,17-18,23-24,29-31,33,35-37,40-42,44,46-48,50,52-75H2,1-5H3/p+1/b10-8-,16-14-,21-19-,22-20-,27-25-,28-26-,34-32-,39-38-,45-43-,51-49-. The predicted molar refractivity (Wildman–Crippen MR) is 381 cm³/mol. The maximum Gasteiger partial charge on any atom is 0.472 e. The molecule has 0 spiro atoms. The van der Waals surface area contributed by atoms with Gasteiger partial charge in [-0.3, -0.25) is 18.6 Å². The zero-order chi connectivity index (χ0) is 64.1. The fraction of sp³-hybridized carbons (Fsp3) is 0.718. The summed E-state index contributed by atoms with van der Waals surface area (Å²) < 4.78 is 34.7. The average molecular weight is 1250 g/mol. The maximum absolute atomic E-state index is 12.9. The van der Waals surface area contributed by atoms with E-state index in [2.05, 4.69) is 135 Å². The van der Waals surface area contributed by atoms with Crippen LogP contribution >= 0.6 is 7.82 Å². The number of hydrogen-bond acceptors (Lipinski definition) is 7. The van der Waals surface area contributed by atoms with Gasteiger partial charge in [0.15, 0.2) is 6.10 Å². The monoisotopic (exact) mass is 1250 g/mol. The van der Waals surface area contributed by atoms with Crippen LogP contribution < -0.4 is 0 Å². The number of phosphoric acid groups is 1. The summed E-state index contributed by atoms with van der Waals surface area (Å²) in [4.78, 5) is 35.9. The number of phosphoric ester groups is 1. The number of unbranched alkanes of at least 4 members (excludes halogenated alkanes) is 32. The zero-order valence-electron chi connectivity index (χ0n) is 57.7. The molecule has 0 aromatic rings. The molecule has 0 fully saturated rings. The normalized spacial score (nSPS) is 13.8. The van der Waals surface area contributed by atoms with Gasteiger partial charge in [-0.25, -0.2) is 4.57 Å². The minimum Gasteiger partial charge on any atom is -0.462 e. The molecule has 2 unspecified atom stereocenters. The molecule has 0 heterocycles. The van der Waals surface area contributed by atoms with E-state index >= 15 is 0 Å². The molecule has 0 aliphatic rings. The van der Waals surface area contributed by atoms with Crippen LogP contribution in [0.15, 0.2) is 122 Å². The SMILES string of the molecule is CC/C=C\C/C=C\C/C=C\C/C=C\C/C=C\C/C=C\C/C=C\C/C=C\CCCCCCCCCCC(=O)OC(COC(=O)CCCCCCCCCCCCCCCCCCCCC/C=C\C/C=C\CCCCCCC)COP(=O)(O)OCC[N+](C)(C)C. The third kappa shape index (κ3) is 71.5. The van der Waals surface area contributed by atoms with Gasteiger partial charge in [0.1, 0.15) is 19.8 Å². The fourth-order valence-corrected chi connectivity index (χ4v) is 10.7. The van der Waals surface area contributed by atoms with Crippen LogP contribution in [0.2, 0.25) is 0 Å². The molecule has 506 valence electrons.